The molecule has 5 nitrogen and oxygen atoms in total. The Kier molecular flexibility index (Phi) is 2.38. The normalized spacial score (nSPS) is 11.9. The molecule has 5 rings (SSSR count). The second-order valence-corrected chi connectivity index (χ2v) is 5.79. The Morgan fingerprint density at radius 3 is 2.42 bits per heavy atom. The molecule has 0 radical (unpaired) electrons. The van der Waals surface area contributed by atoms with Crippen LogP contribution in [0.25, 0.3) is 43.9 Å². The van der Waals surface area contributed by atoms with Gasteiger partial charge in [-0.1, -0.05) is 24.3 Å². The maximum Gasteiger partial charge on any atom is 0.380 e. The van der Waals surface area contributed by atoms with Gasteiger partial charge < -0.3 is 13.3 Å². The quantitative estimate of drug-likeness (QED) is 0.317. The molecule has 2 aromatic carbocycles. The molecule has 0 bridgehead atoms. The Morgan fingerprint density at radius 2 is 1.54 bits per heavy atom. The van der Waals surface area contributed by atoms with Gasteiger partial charge in [0.25, 0.3) is 0 Å². The first-order chi connectivity index (χ1) is 11.6. The van der Waals surface area contributed by atoms with E-state index >= 15 is 0 Å². The Bertz CT molecular complexity index is 1400. The van der Waals surface area contributed by atoms with Gasteiger partial charge in [0.1, 0.15) is 16.6 Å². The summed E-state index contributed by atoms with van der Waals surface area (Å²) in [7, 11) is 0. The molecule has 5 heteroatoms. The van der Waals surface area contributed by atoms with E-state index in [0.717, 1.165) is 5.56 Å². The predicted octanol–water partition coefficient (Wildman–Crippen LogP) is 4.11. The molecule has 0 fully saturated rings. The molecule has 3 heterocycles. The van der Waals surface area contributed by atoms with E-state index < -0.39 is 11.3 Å². The van der Waals surface area contributed by atoms with Crippen molar-refractivity contribution in [2.75, 3.05) is 0 Å². The molecule has 0 aliphatic heterocycles. The van der Waals surface area contributed by atoms with Crippen molar-refractivity contribution in [2.45, 2.75) is 6.92 Å². The molecular weight excluding hydrogens is 308 g/mol. The Morgan fingerprint density at radius 1 is 0.708 bits per heavy atom. The van der Waals surface area contributed by atoms with Gasteiger partial charge in [-0.15, -0.1) is 0 Å². The van der Waals surface area contributed by atoms with E-state index in [1.807, 2.05) is 19.1 Å². The summed E-state index contributed by atoms with van der Waals surface area (Å²) in [5.74, 6) is 0. The monoisotopic (exact) mass is 318 g/mol. The molecule has 5 aromatic rings. The molecule has 0 unspecified atom stereocenters. The van der Waals surface area contributed by atoms with Crippen LogP contribution >= 0.6 is 0 Å². The first-order valence-corrected chi connectivity index (χ1v) is 7.45. The fraction of sp³-hybridized carbons (Fsp3) is 0.0526. The number of furan rings is 1. The van der Waals surface area contributed by atoms with Gasteiger partial charge in [-0.05, 0) is 30.7 Å². The molecule has 116 valence electrons. The van der Waals surface area contributed by atoms with Crippen LogP contribution in [0.3, 0.4) is 0 Å². The highest BCUT2D eigenvalue weighted by Crippen LogP contribution is 2.33. The zero-order valence-electron chi connectivity index (χ0n) is 12.6. The highest BCUT2D eigenvalue weighted by atomic mass is 16.4. The summed E-state index contributed by atoms with van der Waals surface area (Å²) in [5, 5.41) is 1.93. The molecule has 24 heavy (non-hydrogen) atoms. The molecule has 0 amide bonds. The van der Waals surface area contributed by atoms with Crippen molar-refractivity contribution in [3.8, 4) is 0 Å². The van der Waals surface area contributed by atoms with Crippen molar-refractivity contribution >= 4 is 43.9 Å². The lowest BCUT2D eigenvalue weighted by molar-refractivity contribution is 0.534. The second kappa shape index (κ2) is 4.35. The first-order valence-electron chi connectivity index (χ1n) is 7.45. The number of aryl methyl sites for hydroxylation is 1. The number of hydrogen-bond donors (Lipinski definition) is 0. The zero-order chi connectivity index (χ0) is 16.4. The number of benzene rings is 2. The van der Waals surface area contributed by atoms with Gasteiger partial charge in [0.2, 0.25) is 5.58 Å². The molecule has 0 atom stereocenters. The van der Waals surface area contributed by atoms with Crippen molar-refractivity contribution in [3.63, 3.8) is 0 Å². The lowest BCUT2D eigenvalue weighted by Gasteiger charge is -2.02. The van der Waals surface area contributed by atoms with Crippen LogP contribution in [0.5, 0.6) is 0 Å². The summed E-state index contributed by atoms with van der Waals surface area (Å²) in [6.45, 7) is 1.90. The average Bonchev–Trinajstić information content (AvgIpc) is 2.95. The maximum atomic E-state index is 12.6. The summed E-state index contributed by atoms with van der Waals surface area (Å²) in [4.78, 5) is 25.0. The third-order valence-corrected chi connectivity index (χ3v) is 4.24. The van der Waals surface area contributed by atoms with Gasteiger partial charge in [-0.25, -0.2) is 9.59 Å². The molecule has 0 saturated carbocycles. The lowest BCUT2D eigenvalue weighted by Crippen LogP contribution is -2.06. The minimum absolute atomic E-state index is 0.0301. The Balaban J connectivity index is 2.19. The Labute approximate surface area is 133 Å². The van der Waals surface area contributed by atoms with Crippen molar-refractivity contribution in [1.82, 2.24) is 0 Å². The summed E-state index contributed by atoms with van der Waals surface area (Å²) < 4.78 is 16.5. The predicted molar refractivity (Wildman–Crippen MR) is 90.5 cm³/mol. The highest BCUT2D eigenvalue weighted by Gasteiger charge is 2.20. The molecule has 0 saturated heterocycles. The van der Waals surface area contributed by atoms with E-state index in [1.54, 1.807) is 30.3 Å². The first kappa shape index (κ1) is 13.1. The molecule has 0 spiro atoms. The van der Waals surface area contributed by atoms with Crippen LogP contribution in [0.4, 0.5) is 0 Å². The summed E-state index contributed by atoms with van der Waals surface area (Å²) in [6.07, 6.45) is 0. The van der Waals surface area contributed by atoms with Crippen molar-refractivity contribution < 1.29 is 13.3 Å². The minimum atomic E-state index is -0.610. The van der Waals surface area contributed by atoms with Crippen LogP contribution in [0, 0.1) is 6.92 Å². The van der Waals surface area contributed by atoms with E-state index in [9.17, 15) is 9.59 Å². The maximum absolute atomic E-state index is 12.6. The van der Waals surface area contributed by atoms with Crippen LogP contribution in [-0.2, 0) is 0 Å². The molecule has 0 N–H and O–H groups in total. The summed E-state index contributed by atoms with van der Waals surface area (Å²) in [6, 6.07) is 12.6. The fourth-order valence-corrected chi connectivity index (χ4v) is 3.18. The molecule has 3 aromatic heterocycles. The number of fused-ring (bicyclic) bond motifs is 7. The van der Waals surface area contributed by atoms with Crippen molar-refractivity contribution in [2.24, 2.45) is 0 Å². The van der Waals surface area contributed by atoms with Crippen molar-refractivity contribution in [1.29, 1.82) is 0 Å². The van der Waals surface area contributed by atoms with Gasteiger partial charge in [-0.2, -0.15) is 0 Å². The van der Waals surface area contributed by atoms with E-state index in [-0.39, 0.29) is 16.6 Å². The van der Waals surface area contributed by atoms with Gasteiger partial charge in [0.15, 0.2) is 5.58 Å². The molecule has 0 aliphatic rings. The van der Waals surface area contributed by atoms with Crippen molar-refractivity contribution in [3.05, 3.63) is 68.9 Å². The largest absolute Gasteiger partial charge is 0.448 e. The van der Waals surface area contributed by atoms with E-state index in [2.05, 4.69) is 0 Å². The third kappa shape index (κ3) is 1.58. The molecule has 0 aliphatic carbocycles. The van der Waals surface area contributed by atoms with Crippen LogP contribution in [0.1, 0.15) is 5.56 Å². The van der Waals surface area contributed by atoms with Gasteiger partial charge in [-0.3, -0.25) is 0 Å². The zero-order valence-corrected chi connectivity index (χ0v) is 12.6. The van der Waals surface area contributed by atoms with E-state index in [4.69, 9.17) is 13.3 Å². The van der Waals surface area contributed by atoms with Crippen LogP contribution in [-0.4, -0.2) is 0 Å². The lowest BCUT2D eigenvalue weighted by atomic mass is 10.1. The summed E-state index contributed by atoms with van der Waals surface area (Å²) in [5.41, 5.74) is 0.957. The number of para-hydroxylation sites is 1. The average molecular weight is 318 g/mol. The smallest absolute Gasteiger partial charge is 0.380 e. The van der Waals surface area contributed by atoms with E-state index in [0.29, 0.717) is 27.3 Å². The van der Waals surface area contributed by atoms with E-state index in [1.165, 1.54) is 0 Å². The second-order valence-electron chi connectivity index (χ2n) is 5.79. The Hall–Kier alpha value is -3.34. The SMILES string of the molecule is Cc1ccc2c(c1)oc(=O)c1c2oc(=O)c2oc3ccccc3c21. The highest BCUT2D eigenvalue weighted by molar-refractivity contribution is 6.20. The molecular formula is C19H10O5. The van der Waals surface area contributed by atoms with Crippen LogP contribution in [0.2, 0.25) is 0 Å². The minimum Gasteiger partial charge on any atom is -0.448 e. The summed E-state index contributed by atoms with van der Waals surface area (Å²) >= 11 is 0. The fourth-order valence-electron chi connectivity index (χ4n) is 3.18. The van der Waals surface area contributed by atoms with Gasteiger partial charge in [0, 0.05) is 5.39 Å². The standard InChI is InChI=1S/C19H10O5/c1-9-6-7-11-13(8-9)23-18(20)15-14-10-4-2-3-5-12(10)22-17(14)19(21)24-16(11)15/h2-8H,1H3. The third-order valence-electron chi connectivity index (χ3n) is 4.24. The number of hydrogen-bond acceptors (Lipinski definition) is 5. The van der Waals surface area contributed by atoms with Gasteiger partial charge in [0.05, 0.1) is 10.8 Å². The van der Waals surface area contributed by atoms with Gasteiger partial charge >= 0.3 is 11.3 Å². The topological polar surface area (TPSA) is 73.6 Å². The van der Waals surface area contributed by atoms with Crippen LogP contribution in [0.15, 0.2) is 65.3 Å². The number of rotatable bonds is 0. The van der Waals surface area contributed by atoms with Crippen LogP contribution < -0.4 is 11.3 Å².